The summed E-state index contributed by atoms with van der Waals surface area (Å²) in [5, 5.41) is 3.42. The van der Waals surface area contributed by atoms with E-state index in [0.29, 0.717) is 30.3 Å². The molecule has 5 heteroatoms. The molecule has 21 heavy (non-hydrogen) atoms. The van der Waals surface area contributed by atoms with E-state index in [1.165, 1.54) is 0 Å². The molecule has 1 fully saturated rings. The van der Waals surface area contributed by atoms with Crippen LogP contribution in [0.5, 0.6) is 0 Å². The molecule has 0 aliphatic carbocycles. The van der Waals surface area contributed by atoms with Gasteiger partial charge < -0.3 is 10.2 Å². The number of hydrogen-bond donors (Lipinski definition) is 1. The average Bonchev–Trinajstić information content (AvgIpc) is 2.53. The van der Waals surface area contributed by atoms with Crippen LogP contribution in [0.2, 0.25) is 5.02 Å². The minimum absolute atomic E-state index is 0.0556. The van der Waals surface area contributed by atoms with Gasteiger partial charge in [-0.05, 0) is 37.0 Å². The number of aryl methyl sites for hydroxylation is 1. The zero-order valence-corrected chi connectivity index (χ0v) is 13.4. The number of carbonyl (C=O) groups excluding carboxylic acids is 2. The first kappa shape index (κ1) is 15.8. The zero-order valence-electron chi connectivity index (χ0n) is 12.6. The average molecular weight is 309 g/mol. The minimum atomic E-state index is -0.460. The molecule has 0 bridgehead atoms. The Labute approximate surface area is 130 Å². The van der Waals surface area contributed by atoms with E-state index in [1.54, 1.807) is 17.0 Å². The lowest BCUT2D eigenvalue weighted by Gasteiger charge is -2.26. The molecule has 0 saturated carbocycles. The molecule has 0 aromatic heterocycles. The number of halogens is 1. The van der Waals surface area contributed by atoms with Crippen molar-refractivity contribution in [3.63, 3.8) is 0 Å². The molecule has 1 aromatic rings. The molecule has 1 unspecified atom stereocenters. The monoisotopic (exact) mass is 308 g/mol. The third-order valence-corrected chi connectivity index (χ3v) is 3.87. The topological polar surface area (TPSA) is 49.4 Å². The van der Waals surface area contributed by atoms with Crippen LogP contribution in [0.4, 0.5) is 5.69 Å². The van der Waals surface area contributed by atoms with Crippen molar-refractivity contribution in [1.82, 2.24) is 5.32 Å². The first-order valence-electron chi connectivity index (χ1n) is 7.25. The zero-order chi connectivity index (χ0) is 15.6. The molecule has 0 spiro atoms. The van der Waals surface area contributed by atoms with Gasteiger partial charge in [0.25, 0.3) is 0 Å². The van der Waals surface area contributed by atoms with Crippen molar-refractivity contribution in [2.45, 2.75) is 39.7 Å². The summed E-state index contributed by atoms with van der Waals surface area (Å²) < 4.78 is 0. The van der Waals surface area contributed by atoms with Gasteiger partial charge in [0.1, 0.15) is 6.04 Å². The van der Waals surface area contributed by atoms with Gasteiger partial charge in [0.2, 0.25) is 11.8 Å². The lowest BCUT2D eigenvalue weighted by Crippen LogP contribution is -2.45. The van der Waals surface area contributed by atoms with Gasteiger partial charge in [-0.2, -0.15) is 0 Å². The SMILES string of the molecule is Cc1ccc(Cl)cc1N1CCC(=O)NC(CC(C)C)C1=O. The van der Waals surface area contributed by atoms with Crippen molar-refractivity contribution >= 4 is 29.1 Å². The number of rotatable bonds is 3. The Morgan fingerprint density at radius 3 is 2.76 bits per heavy atom. The molecular weight excluding hydrogens is 288 g/mol. The number of hydrogen-bond acceptors (Lipinski definition) is 2. The largest absolute Gasteiger partial charge is 0.344 e. The summed E-state index contributed by atoms with van der Waals surface area (Å²) in [6.07, 6.45) is 0.951. The lowest BCUT2D eigenvalue weighted by molar-refractivity contribution is -0.125. The van der Waals surface area contributed by atoms with E-state index in [4.69, 9.17) is 11.6 Å². The first-order chi connectivity index (χ1) is 9.88. The van der Waals surface area contributed by atoms with Crippen molar-refractivity contribution in [3.05, 3.63) is 28.8 Å². The van der Waals surface area contributed by atoms with Crippen LogP contribution in [0, 0.1) is 12.8 Å². The fourth-order valence-electron chi connectivity index (χ4n) is 2.58. The number of carbonyl (C=O) groups is 2. The van der Waals surface area contributed by atoms with Crippen LogP contribution in [0.15, 0.2) is 18.2 Å². The summed E-state index contributed by atoms with van der Waals surface area (Å²) >= 11 is 6.05. The highest BCUT2D eigenvalue weighted by molar-refractivity contribution is 6.31. The molecule has 1 heterocycles. The van der Waals surface area contributed by atoms with Crippen molar-refractivity contribution in [2.24, 2.45) is 5.92 Å². The van der Waals surface area contributed by atoms with E-state index in [9.17, 15) is 9.59 Å². The van der Waals surface area contributed by atoms with Crippen molar-refractivity contribution < 1.29 is 9.59 Å². The van der Waals surface area contributed by atoms with Crippen LogP contribution in [0.25, 0.3) is 0 Å². The summed E-state index contributed by atoms with van der Waals surface area (Å²) in [6.45, 7) is 6.41. The predicted molar refractivity (Wildman–Crippen MR) is 84.5 cm³/mol. The Balaban J connectivity index is 2.35. The van der Waals surface area contributed by atoms with Gasteiger partial charge in [-0.1, -0.05) is 31.5 Å². The molecule has 1 aliphatic rings. The van der Waals surface area contributed by atoms with E-state index in [1.807, 2.05) is 26.8 Å². The molecule has 0 radical (unpaired) electrons. The maximum absolute atomic E-state index is 12.8. The molecule has 2 rings (SSSR count). The van der Waals surface area contributed by atoms with Crippen LogP contribution in [0.3, 0.4) is 0 Å². The highest BCUT2D eigenvalue weighted by Crippen LogP contribution is 2.26. The number of anilines is 1. The summed E-state index contributed by atoms with van der Waals surface area (Å²) in [5.41, 5.74) is 1.77. The molecule has 4 nitrogen and oxygen atoms in total. The summed E-state index contributed by atoms with van der Waals surface area (Å²) in [5.74, 6) is 0.204. The molecule has 1 aliphatic heterocycles. The van der Waals surface area contributed by atoms with Gasteiger partial charge in [0.15, 0.2) is 0 Å². The summed E-state index contributed by atoms with van der Waals surface area (Å²) in [6, 6.07) is 5.02. The van der Waals surface area contributed by atoms with Crippen molar-refractivity contribution in [2.75, 3.05) is 11.4 Å². The second-order valence-electron chi connectivity index (χ2n) is 5.92. The highest BCUT2D eigenvalue weighted by atomic mass is 35.5. The predicted octanol–water partition coefficient (Wildman–Crippen LogP) is 2.92. The molecule has 114 valence electrons. The third kappa shape index (κ3) is 3.76. The van der Waals surface area contributed by atoms with Crippen molar-refractivity contribution in [3.8, 4) is 0 Å². The van der Waals surface area contributed by atoms with Gasteiger partial charge in [-0.25, -0.2) is 0 Å². The van der Waals surface area contributed by atoms with Crippen LogP contribution in [0.1, 0.15) is 32.3 Å². The van der Waals surface area contributed by atoms with Crippen LogP contribution >= 0.6 is 11.6 Å². The van der Waals surface area contributed by atoms with E-state index in [0.717, 1.165) is 11.3 Å². The van der Waals surface area contributed by atoms with Gasteiger partial charge in [-0.15, -0.1) is 0 Å². The Kier molecular flexibility index (Phi) is 4.88. The number of nitrogens with zero attached hydrogens (tertiary/aromatic N) is 1. The van der Waals surface area contributed by atoms with Crippen LogP contribution in [-0.2, 0) is 9.59 Å². The molecular formula is C16H21ClN2O2. The first-order valence-corrected chi connectivity index (χ1v) is 7.63. The van der Waals surface area contributed by atoms with E-state index in [-0.39, 0.29) is 11.8 Å². The maximum atomic E-state index is 12.8. The fourth-order valence-corrected chi connectivity index (χ4v) is 2.75. The van der Waals surface area contributed by atoms with E-state index >= 15 is 0 Å². The second kappa shape index (κ2) is 6.48. The molecule has 1 N–H and O–H groups in total. The Hall–Kier alpha value is -1.55. The lowest BCUT2D eigenvalue weighted by atomic mass is 10.0. The normalized spacial score (nSPS) is 19.7. The second-order valence-corrected chi connectivity index (χ2v) is 6.36. The van der Waals surface area contributed by atoms with E-state index < -0.39 is 6.04 Å². The fraction of sp³-hybridized carbons (Fsp3) is 0.500. The van der Waals surface area contributed by atoms with Crippen LogP contribution in [-0.4, -0.2) is 24.4 Å². The summed E-state index contributed by atoms with van der Waals surface area (Å²) in [7, 11) is 0. The molecule has 1 aromatic carbocycles. The van der Waals surface area contributed by atoms with Crippen LogP contribution < -0.4 is 10.2 Å². The van der Waals surface area contributed by atoms with Gasteiger partial charge >= 0.3 is 0 Å². The minimum Gasteiger partial charge on any atom is -0.344 e. The highest BCUT2D eigenvalue weighted by Gasteiger charge is 2.31. The standard InChI is InChI=1S/C16H21ClN2O2/c1-10(2)8-13-16(21)19(7-6-15(20)18-13)14-9-12(17)5-4-11(14)3/h4-5,9-10,13H,6-8H2,1-3H3,(H,18,20). The van der Waals surface area contributed by atoms with E-state index in [2.05, 4.69) is 5.32 Å². The number of nitrogens with one attached hydrogen (secondary N) is 1. The number of amides is 2. The summed E-state index contributed by atoms with van der Waals surface area (Å²) in [4.78, 5) is 26.3. The Morgan fingerprint density at radius 2 is 2.10 bits per heavy atom. The quantitative estimate of drug-likeness (QED) is 0.933. The third-order valence-electron chi connectivity index (χ3n) is 3.63. The van der Waals surface area contributed by atoms with Gasteiger partial charge in [0, 0.05) is 23.7 Å². The van der Waals surface area contributed by atoms with Gasteiger partial charge in [0.05, 0.1) is 0 Å². The van der Waals surface area contributed by atoms with Gasteiger partial charge in [-0.3, -0.25) is 9.59 Å². The Morgan fingerprint density at radius 1 is 1.38 bits per heavy atom. The molecule has 2 amide bonds. The smallest absolute Gasteiger partial charge is 0.249 e. The number of benzene rings is 1. The molecule has 1 saturated heterocycles. The molecule has 1 atom stereocenters. The maximum Gasteiger partial charge on any atom is 0.249 e. The van der Waals surface area contributed by atoms with Crippen molar-refractivity contribution in [1.29, 1.82) is 0 Å². The Bertz CT molecular complexity index is 557.